The standard InChI is InChI=1S/C14H11FN2O4/c1-14(2)20-12(18)9(13(19)21-14)7-17-11-5-3-4-10(15)8(11)6-16/h3-5,7,17H,1-2H3. The van der Waals surface area contributed by atoms with Crippen LogP contribution in [0.25, 0.3) is 0 Å². The van der Waals surface area contributed by atoms with E-state index in [4.69, 9.17) is 14.7 Å². The summed E-state index contributed by atoms with van der Waals surface area (Å²) < 4.78 is 23.2. The molecule has 1 heterocycles. The van der Waals surface area contributed by atoms with Crippen LogP contribution >= 0.6 is 0 Å². The molecule has 1 saturated heterocycles. The van der Waals surface area contributed by atoms with E-state index in [0.29, 0.717) is 0 Å². The van der Waals surface area contributed by atoms with Crippen molar-refractivity contribution < 1.29 is 23.5 Å². The first-order chi connectivity index (χ1) is 9.84. The van der Waals surface area contributed by atoms with Crippen molar-refractivity contribution >= 4 is 17.6 Å². The lowest BCUT2D eigenvalue weighted by molar-refractivity contribution is -0.222. The number of hydrogen-bond donors (Lipinski definition) is 1. The number of carbonyl (C=O) groups is 2. The van der Waals surface area contributed by atoms with E-state index in [2.05, 4.69) is 5.32 Å². The van der Waals surface area contributed by atoms with E-state index < -0.39 is 23.5 Å². The number of hydrogen-bond acceptors (Lipinski definition) is 6. The van der Waals surface area contributed by atoms with Crippen LogP contribution in [0.4, 0.5) is 10.1 Å². The van der Waals surface area contributed by atoms with Crippen LogP contribution in [0.1, 0.15) is 19.4 Å². The first-order valence-electron chi connectivity index (χ1n) is 5.96. The van der Waals surface area contributed by atoms with Crippen LogP contribution in [0.2, 0.25) is 0 Å². The van der Waals surface area contributed by atoms with Crippen LogP contribution < -0.4 is 5.32 Å². The van der Waals surface area contributed by atoms with Gasteiger partial charge in [-0.25, -0.2) is 14.0 Å². The number of benzene rings is 1. The third-order valence-electron chi connectivity index (χ3n) is 2.61. The van der Waals surface area contributed by atoms with Gasteiger partial charge in [0.05, 0.1) is 5.69 Å². The molecule has 21 heavy (non-hydrogen) atoms. The second-order valence-electron chi connectivity index (χ2n) is 4.66. The van der Waals surface area contributed by atoms with Crippen molar-refractivity contribution in [1.82, 2.24) is 0 Å². The Morgan fingerprint density at radius 1 is 1.29 bits per heavy atom. The molecule has 0 amide bonds. The lowest BCUT2D eigenvalue weighted by Gasteiger charge is -2.29. The Hall–Kier alpha value is -2.88. The third-order valence-corrected chi connectivity index (χ3v) is 2.61. The van der Waals surface area contributed by atoms with Crippen molar-refractivity contribution in [2.45, 2.75) is 19.6 Å². The minimum absolute atomic E-state index is 0.121. The molecule has 108 valence electrons. The van der Waals surface area contributed by atoms with Crippen LogP contribution in [0.5, 0.6) is 0 Å². The molecule has 0 saturated carbocycles. The lowest BCUT2D eigenvalue weighted by atomic mass is 10.2. The molecule has 1 N–H and O–H groups in total. The lowest BCUT2D eigenvalue weighted by Crippen LogP contribution is -2.42. The molecule has 0 spiro atoms. The summed E-state index contributed by atoms with van der Waals surface area (Å²) in [5, 5.41) is 11.4. The minimum atomic E-state index is -1.33. The summed E-state index contributed by atoms with van der Waals surface area (Å²) in [7, 11) is 0. The van der Waals surface area contributed by atoms with Gasteiger partial charge in [0.2, 0.25) is 0 Å². The number of nitrogens with zero attached hydrogens (tertiary/aromatic N) is 1. The number of ether oxygens (including phenoxy) is 2. The molecular weight excluding hydrogens is 279 g/mol. The number of rotatable bonds is 2. The molecule has 0 atom stereocenters. The Morgan fingerprint density at radius 3 is 2.48 bits per heavy atom. The Kier molecular flexibility index (Phi) is 3.63. The van der Waals surface area contributed by atoms with Gasteiger partial charge in [0, 0.05) is 20.0 Å². The van der Waals surface area contributed by atoms with Gasteiger partial charge in [-0.15, -0.1) is 0 Å². The molecular formula is C14H11FN2O4. The molecule has 1 aromatic carbocycles. The average molecular weight is 290 g/mol. The second kappa shape index (κ2) is 5.25. The Balaban J connectivity index is 2.27. The number of cyclic esters (lactones) is 2. The highest BCUT2D eigenvalue weighted by atomic mass is 19.1. The first kappa shape index (κ1) is 14.5. The Morgan fingerprint density at radius 2 is 1.90 bits per heavy atom. The summed E-state index contributed by atoms with van der Waals surface area (Å²) in [5.41, 5.74) is -0.481. The number of nitriles is 1. The van der Waals surface area contributed by atoms with Gasteiger partial charge in [0.1, 0.15) is 17.4 Å². The molecule has 0 aromatic heterocycles. The maximum Gasteiger partial charge on any atom is 0.350 e. The van der Waals surface area contributed by atoms with Gasteiger partial charge >= 0.3 is 11.9 Å². The largest absolute Gasteiger partial charge is 0.419 e. The fourth-order valence-corrected chi connectivity index (χ4v) is 1.69. The molecule has 6 nitrogen and oxygen atoms in total. The predicted octanol–water partition coefficient (Wildman–Crippen LogP) is 1.83. The van der Waals surface area contributed by atoms with Gasteiger partial charge in [-0.05, 0) is 12.1 Å². The number of nitrogens with one attached hydrogen (secondary N) is 1. The molecule has 7 heteroatoms. The predicted molar refractivity (Wildman–Crippen MR) is 69.1 cm³/mol. The summed E-state index contributed by atoms with van der Waals surface area (Å²) >= 11 is 0. The van der Waals surface area contributed by atoms with E-state index in [1.807, 2.05) is 0 Å². The van der Waals surface area contributed by atoms with Crippen molar-refractivity contribution in [2.24, 2.45) is 0 Å². The molecule has 1 fully saturated rings. The van der Waals surface area contributed by atoms with E-state index in [0.717, 1.165) is 12.3 Å². The van der Waals surface area contributed by atoms with Crippen molar-refractivity contribution in [3.8, 4) is 6.07 Å². The van der Waals surface area contributed by atoms with Crippen LogP contribution in [0, 0.1) is 17.1 Å². The van der Waals surface area contributed by atoms with Gasteiger partial charge in [0.25, 0.3) is 5.79 Å². The van der Waals surface area contributed by atoms with Crippen LogP contribution in [0.3, 0.4) is 0 Å². The fraction of sp³-hybridized carbons (Fsp3) is 0.214. The van der Waals surface area contributed by atoms with Crippen molar-refractivity contribution in [1.29, 1.82) is 5.26 Å². The maximum atomic E-state index is 13.4. The first-order valence-corrected chi connectivity index (χ1v) is 5.96. The van der Waals surface area contributed by atoms with E-state index in [1.165, 1.54) is 26.0 Å². The highest BCUT2D eigenvalue weighted by molar-refractivity contribution is 6.15. The summed E-state index contributed by atoms with van der Waals surface area (Å²) in [4.78, 5) is 23.4. The monoisotopic (exact) mass is 290 g/mol. The van der Waals surface area contributed by atoms with Crippen molar-refractivity contribution in [3.05, 3.63) is 41.4 Å². The summed E-state index contributed by atoms with van der Waals surface area (Å²) in [5.74, 6) is -3.77. The van der Waals surface area contributed by atoms with Crippen molar-refractivity contribution in [3.63, 3.8) is 0 Å². The molecule has 2 rings (SSSR count). The molecule has 0 aliphatic carbocycles. The minimum Gasteiger partial charge on any atom is -0.419 e. The number of carbonyl (C=O) groups excluding carboxylic acids is 2. The van der Waals surface area contributed by atoms with E-state index >= 15 is 0 Å². The molecule has 0 bridgehead atoms. The molecule has 1 aliphatic rings. The zero-order chi connectivity index (χ0) is 15.6. The zero-order valence-electron chi connectivity index (χ0n) is 11.3. The van der Waals surface area contributed by atoms with Gasteiger partial charge in [-0.3, -0.25) is 0 Å². The third kappa shape index (κ3) is 3.00. The zero-order valence-corrected chi connectivity index (χ0v) is 11.3. The quantitative estimate of drug-likeness (QED) is 0.508. The molecule has 1 aromatic rings. The molecule has 1 aliphatic heterocycles. The summed E-state index contributed by atoms with van der Waals surface area (Å²) in [6, 6.07) is 5.63. The van der Waals surface area contributed by atoms with Gasteiger partial charge < -0.3 is 14.8 Å². The molecule has 0 unspecified atom stereocenters. The van der Waals surface area contributed by atoms with E-state index in [9.17, 15) is 14.0 Å². The summed E-state index contributed by atoms with van der Waals surface area (Å²) in [6.07, 6.45) is 1.02. The number of halogens is 1. The maximum absolute atomic E-state index is 13.4. The Labute approximate surface area is 119 Å². The Bertz CT molecular complexity index is 667. The molecule has 0 radical (unpaired) electrons. The van der Waals surface area contributed by atoms with Crippen LogP contribution in [0.15, 0.2) is 30.0 Å². The highest BCUT2D eigenvalue weighted by Gasteiger charge is 2.38. The van der Waals surface area contributed by atoms with Crippen LogP contribution in [-0.2, 0) is 19.1 Å². The van der Waals surface area contributed by atoms with Gasteiger partial charge in [0.15, 0.2) is 5.57 Å². The second-order valence-corrected chi connectivity index (χ2v) is 4.66. The van der Waals surface area contributed by atoms with E-state index in [-0.39, 0.29) is 16.8 Å². The number of esters is 2. The van der Waals surface area contributed by atoms with Gasteiger partial charge in [-0.2, -0.15) is 5.26 Å². The SMILES string of the molecule is CC1(C)OC(=O)C(=CNc2cccc(F)c2C#N)C(=O)O1. The summed E-state index contributed by atoms with van der Waals surface area (Å²) in [6.45, 7) is 2.85. The van der Waals surface area contributed by atoms with Crippen LogP contribution in [-0.4, -0.2) is 17.7 Å². The topological polar surface area (TPSA) is 88.4 Å². The van der Waals surface area contributed by atoms with E-state index in [1.54, 1.807) is 6.07 Å². The normalized spacial score (nSPS) is 16.6. The average Bonchev–Trinajstić information content (AvgIpc) is 2.36. The smallest absolute Gasteiger partial charge is 0.350 e. The van der Waals surface area contributed by atoms with Gasteiger partial charge in [-0.1, -0.05) is 6.07 Å². The van der Waals surface area contributed by atoms with Crippen molar-refractivity contribution in [2.75, 3.05) is 5.32 Å². The highest BCUT2D eigenvalue weighted by Crippen LogP contribution is 2.23. The fourth-order valence-electron chi connectivity index (χ4n) is 1.69. The number of anilines is 1.